The molecule has 3 aromatic heterocycles. The molecule has 3 heterocycles. The molecule has 0 amide bonds. The van der Waals surface area contributed by atoms with E-state index in [1.54, 1.807) is 22.7 Å². The minimum atomic E-state index is 0.121. The summed E-state index contributed by atoms with van der Waals surface area (Å²) in [4.78, 5) is 15.1. The van der Waals surface area contributed by atoms with Gasteiger partial charge in [0.2, 0.25) is 0 Å². The summed E-state index contributed by atoms with van der Waals surface area (Å²) >= 11 is 3.36. The highest BCUT2D eigenvalue weighted by Gasteiger charge is 2.19. The van der Waals surface area contributed by atoms with Crippen LogP contribution in [0.2, 0.25) is 0 Å². The number of fused-ring (bicyclic) bond motifs is 1. The van der Waals surface area contributed by atoms with Gasteiger partial charge in [-0.25, -0.2) is 9.97 Å². The maximum Gasteiger partial charge on any atom is 0.173 e. The molecule has 0 aromatic carbocycles. The highest BCUT2D eigenvalue weighted by atomic mass is 32.1. The van der Waals surface area contributed by atoms with E-state index in [1.807, 2.05) is 17.5 Å². The predicted molar refractivity (Wildman–Crippen MR) is 95.2 cm³/mol. The zero-order chi connectivity index (χ0) is 15.7. The maximum atomic E-state index is 9.35. The first-order chi connectivity index (χ1) is 10.7. The van der Waals surface area contributed by atoms with Crippen LogP contribution in [0.25, 0.3) is 20.9 Å². The molecular formula is C16H19N3OS2. The quantitative estimate of drug-likeness (QED) is 0.770. The average molecular weight is 333 g/mol. The van der Waals surface area contributed by atoms with Gasteiger partial charge in [0.25, 0.3) is 0 Å². The largest absolute Gasteiger partial charge is 0.395 e. The summed E-state index contributed by atoms with van der Waals surface area (Å²) in [7, 11) is 0. The molecule has 4 nitrogen and oxygen atoms in total. The number of thiophene rings is 2. The highest BCUT2D eigenvalue weighted by Crippen LogP contribution is 2.37. The standard InChI is InChI=1S/C16H19N3OS2/c1-4-19(7-8-20)15-13-10(2)11(3)22-16(13)18-14(17-15)12-6-5-9-21-12/h5-6,9,20H,4,7-8H2,1-3H3. The fourth-order valence-electron chi connectivity index (χ4n) is 2.51. The Hall–Kier alpha value is -1.50. The van der Waals surface area contributed by atoms with Crippen molar-refractivity contribution in [2.75, 3.05) is 24.6 Å². The van der Waals surface area contributed by atoms with E-state index in [1.165, 1.54) is 10.4 Å². The van der Waals surface area contributed by atoms with Crippen molar-refractivity contribution < 1.29 is 5.11 Å². The van der Waals surface area contributed by atoms with Crippen LogP contribution >= 0.6 is 22.7 Å². The van der Waals surface area contributed by atoms with Gasteiger partial charge >= 0.3 is 0 Å². The van der Waals surface area contributed by atoms with Crippen LogP contribution in [0.3, 0.4) is 0 Å². The zero-order valence-electron chi connectivity index (χ0n) is 13.0. The Morgan fingerprint density at radius 2 is 2.09 bits per heavy atom. The van der Waals surface area contributed by atoms with Crippen LogP contribution in [0, 0.1) is 13.8 Å². The first-order valence-electron chi connectivity index (χ1n) is 7.33. The molecule has 0 unspecified atom stereocenters. The summed E-state index contributed by atoms with van der Waals surface area (Å²) < 4.78 is 0. The predicted octanol–water partition coefficient (Wildman–Crippen LogP) is 3.86. The van der Waals surface area contributed by atoms with Crippen LogP contribution in [-0.2, 0) is 0 Å². The van der Waals surface area contributed by atoms with E-state index in [0.29, 0.717) is 6.54 Å². The van der Waals surface area contributed by atoms with E-state index < -0.39 is 0 Å². The van der Waals surface area contributed by atoms with Crippen LogP contribution in [0.5, 0.6) is 0 Å². The fraction of sp³-hybridized carbons (Fsp3) is 0.375. The number of hydrogen-bond acceptors (Lipinski definition) is 6. The van der Waals surface area contributed by atoms with Gasteiger partial charge in [-0.05, 0) is 37.8 Å². The Morgan fingerprint density at radius 1 is 1.27 bits per heavy atom. The van der Waals surface area contributed by atoms with Crippen molar-refractivity contribution in [3.63, 3.8) is 0 Å². The summed E-state index contributed by atoms with van der Waals surface area (Å²) in [5.41, 5.74) is 1.24. The van der Waals surface area contributed by atoms with E-state index in [9.17, 15) is 5.11 Å². The molecule has 0 bridgehead atoms. The van der Waals surface area contributed by atoms with Gasteiger partial charge in [0.1, 0.15) is 10.6 Å². The number of aliphatic hydroxyl groups is 1. The number of aromatic nitrogens is 2. The molecule has 0 fully saturated rings. The molecule has 0 aliphatic carbocycles. The number of aryl methyl sites for hydroxylation is 2. The lowest BCUT2D eigenvalue weighted by Crippen LogP contribution is -2.27. The topological polar surface area (TPSA) is 49.2 Å². The van der Waals surface area contributed by atoms with Gasteiger partial charge in [0, 0.05) is 18.0 Å². The normalized spacial score (nSPS) is 11.3. The zero-order valence-corrected chi connectivity index (χ0v) is 14.6. The summed E-state index contributed by atoms with van der Waals surface area (Å²) in [6, 6.07) is 4.06. The van der Waals surface area contributed by atoms with E-state index in [0.717, 1.165) is 33.3 Å². The second-order valence-corrected chi connectivity index (χ2v) is 7.27. The van der Waals surface area contributed by atoms with Crippen molar-refractivity contribution in [2.24, 2.45) is 0 Å². The van der Waals surface area contributed by atoms with E-state index in [-0.39, 0.29) is 6.61 Å². The summed E-state index contributed by atoms with van der Waals surface area (Å²) in [5.74, 6) is 1.71. The van der Waals surface area contributed by atoms with Gasteiger partial charge in [-0.15, -0.1) is 22.7 Å². The molecule has 1 N–H and O–H groups in total. The molecule has 0 aliphatic heterocycles. The molecule has 0 atom stereocenters. The van der Waals surface area contributed by atoms with Crippen LogP contribution in [0.1, 0.15) is 17.4 Å². The number of rotatable bonds is 5. The van der Waals surface area contributed by atoms with Gasteiger partial charge in [0.05, 0.1) is 16.9 Å². The highest BCUT2D eigenvalue weighted by molar-refractivity contribution is 7.19. The Morgan fingerprint density at radius 3 is 2.73 bits per heavy atom. The number of anilines is 1. The van der Waals surface area contributed by atoms with Gasteiger partial charge in [-0.2, -0.15) is 0 Å². The van der Waals surface area contributed by atoms with E-state index >= 15 is 0 Å². The smallest absolute Gasteiger partial charge is 0.173 e. The van der Waals surface area contributed by atoms with Crippen molar-refractivity contribution in [1.82, 2.24) is 9.97 Å². The minimum absolute atomic E-state index is 0.121. The Labute approximate surface area is 138 Å². The first-order valence-corrected chi connectivity index (χ1v) is 9.02. The molecule has 0 radical (unpaired) electrons. The molecule has 0 spiro atoms. The number of nitrogens with zero attached hydrogens (tertiary/aromatic N) is 3. The maximum absolute atomic E-state index is 9.35. The minimum Gasteiger partial charge on any atom is -0.395 e. The molecule has 22 heavy (non-hydrogen) atoms. The lowest BCUT2D eigenvalue weighted by atomic mass is 10.2. The Bertz CT molecular complexity index is 780. The van der Waals surface area contributed by atoms with Crippen molar-refractivity contribution in [3.05, 3.63) is 28.0 Å². The van der Waals surface area contributed by atoms with Gasteiger partial charge in [-0.1, -0.05) is 6.07 Å². The number of likely N-dealkylation sites (N-methyl/N-ethyl adjacent to an activating group) is 1. The van der Waals surface area contributed by atoms with Crippen molar-refractivity contribution in [3.8, 4) is 10.7 Å². The molecule has 0 saturated carbocycles. The second-order valence-electron chi connectivity index (χ2n) is 5.11. The van der Waals surface area contributed by atoms with Crippen LogP contribution in [-0.4, -0.2) is 34.8 Å². The summed E-state index contributed by atoms with van der Waals surface area (Å²) in [6.07, 6.45) is 0. The Kier molecular flexibility index (Phi) is 4.42. The third kappa shape index (κ3) is 2.62. The number of aliphatic hydroxyl groups excluding tert-OH is 1. The molecule has 6 heteroatoms. The van der Waals surface area contributed by atoms with E-state index in [4.69, 9.17) is 9.97 Å². The van der Waals surface area contributed by atoms with Gasteiger partial charge in [0.15, 0.2) is 5.82 Å². The molecule has 3 aromatic rings. The molecule has 3 rings (SSSR count). The van der Waals surface area contributed by atoms with Crippen LogP contribution in [0.4, 0.5) is 5.82 Å². The molecule has 0 aliphatic rings. The number of hydrogen-bond donors (Lipinski definition) is 1. The fourth-order valence-corrected chi connectivity index (χ4v) is 4.19. The second kappa shape index (κ2) is 6.32. The summed E-state index contributed by atoms with van der Waals surface area (Å²) in [6.45, 7) is 7.85. The monoisotopic (exact) mass is 333 g/mol. The van der Waals surface area contributed by atoms with Gasteiger partial charge < -0.3 is 10.0 Å². The lowest BCUT2D eigenvalue weighted by Gasteiger charge is -2.22. The third-order valence-electron chi connectivity index (χ3n) is 3.80. The SMILES string of the molecule is CCN(CCO)c1nc(-c2cccs2)nc2sc(C)c(C)c12. The average Bonchev–Trinajstić information content (AvgIpc) is 3.13. The van der Waals surface area contributed by atoms with E-state index in [2.05, 4.69) is 25.7 Å². The van der Waals surface area contributed by atoms with Crippen LogP contribution in [0.15, 0.2) is 17.5 Å². The van der Waals surface area contributed by atoms with Crippen molar-refractivity contribution in [2.45, 2.75) is 20.8 Å². The molecule has 116 valence electrons. The van der Waals surface area contributed by atoms with Gasteiger partial charge in [-0.3, -0.25) is 0 Å². The lowest BCUT2D eigenvalue weighted by molar-refractivity contribution is 0.302. The molecule has 0 saturated heterocycles. The third-order valence-corrected chi connectivity index (χ3v) is 5.77. The Balaban J connectivity index is 2.26. The van der Waals surface area contributed by atoms with Crippen LogP contribution < -0.4 is 4.90 Å². The van der Waals surface area contributed by atoms with Crippen molar-refractivity contribution in [1.29, 1.82) is 0 Å². The molecular weight excluding hydrogens is 314 g/mol. The summed E-state index contributed by atoms with van der Waals surface area (Å²) in [5, 5.41) is 12.5. The first kappa shape index (κ1) is 15.4. The van der Waals surface area contributed by atoms with Crippen molar-refractivity contribution >= 4 is 38.7 Å².